The topological polar surface area (TPSA) is 37.8 Å². The molecule has 0 atom stereocenters. The molecule has 2 rings (SSSR count). The SMILES string of the molecule is CC(C)CNCc1cccnc1Sc1ncccc1Cl. The molecule has 0 aliphatic carbocycles. The van der Waals surface area contributed by atoms with Crippen LogP contribution in [-0.4, -0.2) is 16.5 Å². The average Bonchev–Trinajstić information content (AvgIpc) is 2.43. The second-order valence-electron chi connectivity index (χ2n) is 4.88. The molecule has 2 heterocycles. The predicted molar refractivity (Wildman–Crippen MR) is 84.2 cm³/mol. The molecule has 0 aliphatic heterocycles. The molecule has 5 heteroatoms. The van der Waals surface area contributed by atoms with Gasteiger partial charge in [-0.05, 0) is 48.0 Å². The third-order valence-corrected chi connectivity index (χ3v) is 4.13. The number of nitrogens with one attached hydrogen (secondary N) is 1. The summed E-state index contributed by atoms with van der Waals surface area (Å²) < 4.78 is 0. The van der Waals surface area contributed by atoms with Gasteiger partial charge in [-0.1, -0.05) is 31.5 Å². The Labute approximate surface area is 129 Å². The molecule has 0 saturated carbocycles. The van der Waals surface area contributed by atoms with Crippen molar-refractivity contribution in [2.75, 3.05) is 6.54 Å². The van der Waals surface area contributed by atoms with Crippen molar-refractivity contribution in [1.29, 1.82) is 0 Å². The zero-order chi connectivity index (χ0) is 14.4. The average molecular weight is 308 g/mol. The van der Waals surface area contributed by atoms with Crippen molar-refractivity contribution in [2.45, 2.75) is 30.4 Å². The molecule has 0 saturated heterocycles. The summed E-state index contributed by atoms with van der Waals surface area (Å²) in [6.45, 7) is 6.18. The first-order valence-corrected chi connectivity index (χ1v) is 7.79. The van der Waals surface area contributed by atoms with Crippen LogP contribution in [0.15, 0.2) is 46.7 Å². The van der Waals surface area contributed by atoms with Crippen LogP contribution >= 0.6 is 23.4 Å². The number of aromatic nitrogens is 2. The molecule has 0 unspecified atom stereocenters. The van der Waals surface area contributed by atoms with Crippen LogP contribution < -0.4 is 5.32 Å². The first-order chi connectivity index (χ1) is 9.66. The van der Waals surface area contributed by atoms with Gasteiger partial charge in [0.25, 0.3) is 0 Å². The summed E-state index contributed by atoms with van der Waals surface area (Å²) >= 11 is 7.65. The van der Waals surface area contributed by atoms with Crippen LogP contribution in [0.2, 0.25) is 5.02 Å². The van der Waals surface area contributed by atoms with E-state index in [0.717, 1.165) is 23.1 Å². The molecule has 0 radical (unpaired) electrons. The standard InChI is InChI=1S/C15H18ClN3S/c1-11(2)9-17-10-12-5-3-7-18-14(12)20-15-13(16)6-4-8-19-15/h3-8,11,17H,9-10H2,1-2H3. The summed E-state index contributed by atoms with van der Waals surface area (Å²) in [6, 6.07) is 7.71. The Morgan fingerprint density at radius 1 is 1.15 bits per heavy atom. The van der Waals surface area contributed by atoms with E-state index in [1.807, 2.05) is 18.2 Å². The summed E-state index contributed by atoms with van der Waals surface area (Å²) in [5, 5.41) is 5.83. The van der Waals surface area contributed by atoms with E-state index in [1.54, 1.807) is 12.4 Å². The Morgan fingerprint density at radius 3 is 2.55 bits per heavy atom. The van der Waals surface area contributed by atoms with Gasteiger partial charge in [-0.3, -0.25) is 0 Å². The molecule has 0 fully saturated rings. The quantitative estimate of drug-likeness (QED) is 0.874. The number of nitrogens with zero attached hydrogens (tertiary/aromatic N) is 2. The Balaban J connectivity index is 2.10. The van der Waals surface area contributed by atoms with E-state index < -0.39 is 0 Å². The van der Waals surface area contributed by atoms with Crippen molar-refractivity contribution in [2.24, 2.45) is 5.92 Å². The second-order valence-corrected chi connectivity index (χ2v) is 6.27. The van der Waals surface area contributed by atoms with Gasteiger partial charge in [-0.2, -0.15) is 0 Å². The summed E-state index contributed by atoms with van der Waals surface area (Å²) in [6.07, 6.45) is 3.54. The van der Waals surface area contributed by atoms with Crippen molar-refractivity contribution in [3.05, 3.63) is 47.2 Å². The molecular weight excluding hydrogens is 290 g/mol. The zero-order valence-corrected chi connectivity index (χ0v) is 13.2. The lowest BCUT2D eigenvalue weighted by Crippen LogP contribution is -2.19. The lowest BCUT2D eigenvalue weighted by atomic mass is 10.2. The molecule has 2 aromatic rings. The zero-order valence-electron chi connectivity index (χ0n) is 11.6. The largest absolute Gasteiger partial charge is 0.312 e. The van der Waals surface area contributed by atoms with Gasteiger partial charge in [-0.15, -0.1) is 0 Å². The summed E-state index contributed by atoms with van der Waals surface area (Å²) in [7, 11) is 0. The number of hydrogen-bond donors (Lipinski definition) is 1. The predicted octanol–water partition coefficient (Wildman–Crippen LogP) is 4.03. The summed E-state index contributed by atoms with van der Waals surface area (Å²) in [5.41, 5.74) is 1.17. The maximum absolute atomic E-state index is 6.15. The van der Waals surface area contributed by atoms with Gasteiger partial charge < -0.3 is 5.32 Å². The molecular formula is C15H18ClN3S. The number of rotatable bonds is 6. The van der Waals surface area contributed by atoms with Gasteiger partial charge in [-0.25, -0.2) is 9.97 Å². The van der Waals surface area contributed by atoms with Crippen molar-refractivity contribution < 1.29 is 0 Å². The highest BCUT2D eigenvalue weighted by molar-refractivity contribution is 7.99. The van der Waals surface area contributed by atoms with Gasteiger partial charge in [0.15, 0.2) is 0 Å². The van der Waals surface area contributed by atoms with Gasteiger partial charge in [0, 0.05) is 18.9 Å². The fourth-order valence-corrected chi connectivity index (χ4v) is 2.77. The Bertz CT molecular complexity index is 560. The van der Waals surface area contributed by atoms with Crippen LogP contribution in [0.5, 0.6) is 0 Å². The molecule has 0 bridgehead atoms. The molecule has 1 N–H and O–H groups in total. The van der Waals surface area contributed by atoms with Crippen molar-refractivity contribution in [1.82, 2.24) is 15.3 Å². The Morgan fingerprint density at radius 2 is 1.85 bits per heavy atom. The van der Waals surface area contributed by atoms with E-state index in [-0.39, 0.29) is 0 Å². The molecule has 3 nitrogen and oxygen atoms in total. The highest BCUT2D eigenvalue weighted by atomic mass is 35.5. The normalized spacial score (nSPS) is 11.0. The minimum Gasteiger partial charge on any atom is -0.312 e. The summed E-state index contributed by atoms with van der Waals surface area (Å²) in [5.74, 6) is 0.632. The van der Waals surface area contributed by atoms with Crippen LogP contribution in [0.4, 0.5) is 0 Å². The van der Waals surface area contributed by atoms with E-state index in [9.17, 15) is 0 Å². The van der Waals surface area contributed by atoms with Gasteiger partial charge in [0.1, 0.15) is 10.1 Å². The Hall–Kier alpha value is -1.10. The Kier molecular flexibility index (Phi) is 5.83. The lowest BCUT2D eigenvalue weighted by Gasteiger charge is -2.10. The third kappa shape index (κ3) is 4.47. The molecule has 2 aromatic heterocycles. The van der Waals surface area contributed by atoms with E-state index in [0.29, 0.717) is 10.9 Å². The minimum absolute atomic E-state index is 0.632. The maximum atomic E-state index is 6.15. The van der Waals surface area contributed by atoms with Crippen molar-refractivity contribution in [3.8, 4) is 0 Å². The first kappa shape index (κ1) is 15.3. The van der Waals surface area contributed by atoms with Crippen molar-refractivity contribution in [3.63, 3.8) is 0 Å². The monoisotopic (exact) mass is 307 g/mol. The molecule has 20 heavy (non-hydrogen) atoms. The van der Waals surface area contributed by atoms with E-state index >= 15 is 0 Å². The van der Waals surface area contributed by atoms with E-state index in [2.05, 4.69) is 35.2 Å². The number of pyridine rings is 2. The molecule has 0 amide bonds. The van der Waals surface area contributed by atoms with E-state index in [1.165, 1.54) is 17.3 Å². The number of hydrogen-bond acceptors (Lipinski definition) is 4. The van der Waals surface area contributed by atoms with Crippen LogP contribution in [0.1, 0.15) is 19.4 Å². The molecule has 0 aliphatic rings. The highest BCUT2D eigenvalue weighted by Gasteiger charge is 2.09. The molecule has 0 spiro atoms. The lowest BCUT2D eigenvalue weighted by molar-refractivity contribution is 0.549. The fraction of sp³-hybridized carbons (Fsp3) is 0.333. The minimum atomic E-state index is 0.632. The number of halogens is 1. The van der Waals surface area contributed by atoms with Gasteiger partial charge in [0.05, 0.1) is 5.02 Å². The third-order valence-electron chi connectivity index (χ3n) is 2.64. The second kappa shape index (κ2) is 7.62. The summed E-state index contributed by atoms with van der Waals surface area (Å²) in [4.78, 5) is 8.73. The molecule has 106 valence electrons. The molecule has 0 aromatic carbocycles. The first-order valence-electron chi connectivity index (χ1n) is 6.60. The van der Waals surface area contributed by atoms with Gasteiger partial charge >= 0.3 is 0 Å². The fourth-order valence-electron chi connectivity index (χ4n) is 1.68. The smallest absolute Gasteiger partial charge is 0.121 e. The maximum Gasteiger partial charge on any atom is 0.121 e. The van der Waals surface area contributed by atoms with Crippen LogP contribution in [-0.2, 0) is 6.54 Å². The van der Waals surface area contributed by atoms with Crippen LogP contribution in [0.3, 0.4) is 0 Å². The van der Waals surface area contributed by atoms with E-state index in [4.69, 9.17) is 11.6 Å². The highest BCUT2D eigenvalue weighted by Crippen LogP contribution is 2.31. The van der Waals surface area contributed by atoms with Crippen molar-refractivity contribution >= 4 is 23.4 Å². The van der Waals surface area contributed by atoms with Crippen LogP contribution in [0, 0.1) is 5.92 Å². The van der Waals surface area contributed by atoms with Gasteiger partial charge in [0.2, 0.25) is 0 Å². The van der Waals surface area contributed by atoms with Crippen LogP contribution in [0.25, 0.3) is 0 Å².